The van der Waals surface area contributed by atoms with E-state index in [1.54, 1.807) is 48.4 Å². The molecule has 0 spiro atoms. The van der Waals surface area contributed by atoms with Crippen molar-refractivity contribution in [1.82, 2.24) is 5.32 Å². The number of anilines is 1. The van der Waals surface area contributed by atoms with Gasteiger partial charge < -0.3 is 14.5 Å². The number of methoxy groups -OCH3 is 1. The second-order valence-corrected chi connectivity index (χ2v) is 10.4. The molecule has 3 aromatic rings. The van der Waals surface area contributed by atoms with Gasteiger partial charge in [-0.3, -0.25) is 9.10 Å². The summed E-state index contributed by atoms with van der Waals surface area (Å²) in [5, 5.41) is 3.17. The van der Waals surface area contributed by atoms with E-state index in [0.717, 1.165) is 28.0 Å². The van der Waals surface area contributed by atoms with Crippen molar-refractivity contribution in [3.63, 3.8) is 0 Å². The number of amides is 1. The molecule has 10 heteroatoms. The molecule has 0 aliphatic heterocycles. The van der Waals surface area contributed by atoms with Crippen molar-refractivity contribution in [2.24, 2.45) is 0 Å². The van der Waals surface area contributed by atoms with Crippen LogP contribution in [0, 0.1) is 0 Å². The smallest absolute Gasteiger partial charge is 0.264 e. The van der Waals surface area contributed by atoms with E-state index in [2.05, 4.69) is 5.32 Å². The van der Waals surface area contributed by atoms with E-state index in [-0.39, 0.29) is 11.4 Å². The van der Waals surface area contributed by atoms with Crippen LogP contribution in [0.3, 0.4) is 0 Å². The third-order valence-electron chi connectivity index (χ3n) is 4.64. The minimum Gasteiger partial charge on any atom is -0.497 e. The molecule has 0 bridgehead atoms. The van der Waals surface area contributed by atoms with Crippen molar-refractivity contribution in [3.8, 4) is 5.75 Å². The zero-order valence-corrected chi connectivity index (χ0v) is 20.5. The molecule has 1 N–H and O–H groups in total. The number of hydrogen-bond acceptors (Lipinski definition) is 6. The van der Waals surface area contributed by atoms with Crippen LogP contribution in [0.1, 0.15) is 12.2 Å². The van der Waals surface area contributed by atoms with E-state index in [1.165, 1.54) is 25.3 Å². The van der Waals surface area contributed by atoms with Gasteiger partial charge in [-0.2, -0.15) is 11.8 Å². The zero-order chi connectivity index (χ0) is 23.7. The molecule has 1 aromatic heterocycles. The molecule has 3 rings (SSSR count). The highest BCUT2D eigenvalue weighted by molar-refractivity contribution is 7.98. The second kappa shape index (κ2) is 12.0. The standard InChI is InChI=1S/C23H25ClN2O5S2/c1-30-20-8-10-22(11-9-20)33(28,29)26(19-6-2-5-18(24)15-19)16-23(27)25-12-4-14-32-17-21-7-3-13-31-21/h2-3,5-11,13,15H,4,12,14,16-17H2,1H3,(H,25,27). The fraction of sp³-hybridized carbons (Fsp3) is 0.261. The lowest BCUT2D eigenvalue weighted by Gasteiger charge is -2.24. The van der Waals surface area contributed by atoms with Crippen LogP contribution in [-0.2, 0) is 20.6 Å². The summed E-state index contributed by atoms with van der Waals surface area (Å²) in [6.45, 7) is 0.0736. The van der Waals surface area contributed by atoms with E-state index in [1.807, 2.05) is 12.1 Å². The van der Waals surface area contributed by atoms with Gasteiger partial charge in [0, 0.05) is 11.6 Å². The third kappa shape index (κ3) is 7.18. The van der Waals surface area contributed by atoms with Gasteiger partial charge in [-0.15, -0.1) is 0 Å². The Bertz CT molecular complexity index is 1140. The molecule has 0 aliphatic rings. The Hall–Kier alpha value is -2.62. The number of nitrogens with zero attached hydrogens (tertiary/aromatic N) is 1. The predicted molar refractivity (Wildman–Crippen MR) is 131 cm³/mol. The number of benzene rings is 2. The number of carbonyl (C=O) groups is 1. The molecule has 7 nitrogen and oxygen atoms in total. The van der Waals surface area contributed by atoms with Crippen LogP contribution in [0.4, 0.5) is 5.69 Å². The highest BCUT2D eigenvalue weighted by Gasteiger charge is 2.27. The van der Waals surface area contributed by atoms with Gasteiger partial charge in [-0.05, 0) is 66.8 Å². The summed E-state index contributed by atoms with van der Waals surface area (Å²) in [5.41, 5.74) is 0.308. The molecule has 0 unspecified atom stereocenters. The number of furan rings is 1. The lowest BCUT2D eigenvalue weighted by molar-refractivity contribution is -0.119. The Kier molecular flexibility index (Phi) is 9.11. The van der Waals surface area contributed by atoms with Gasteiger partial charge in [0.2, 0.25) is 5.91 Å². The summed E-state index contributed by atoms with van der Waals surface area (Å²) >= 11 is 7.79. The number of nitrogens with one attached hydrogen (secondary N) is 1. The van der Waals surface area contributed by atoms with Crippen LogP contribution >= 0.6 is 23.4 Å². The summed E-state index contributed by atoms with van der Waals surface area (Å²) < 4.78 is 38.2. The summed E-state index contributed by atoms with van der Waals surface area (Å²) in [5.74, 6) is 2.64. The van der Waals surface area contributed by atoms with E-state index >= 15 is 0 Å². The third-order valence-corrected chi connectivity index (χ3v) is 7.73. The zero-order valence-electron chi connectivity index (χ0n) is 18.1. The topological polar surface area (TPSA) is 88.9 Å². The van der Waals surface area contributed by atoms with Gasteiger partial charge in [0.15, 0.2) is 0 Å². The highest BCUT2D eigenvalue weighted by Crippen LogP contribution is 2.27. The molecule has 1 heterocycles. The first-order chi connectivity index (χ1) is 15.9. The van der Waals surface area contributed by atoms with E-state index in [0.29, 0.717) is 23.0 Å². The van der Waals surface area contributed by atoms with Gasteiger partial charge in [0.25, 0.3) is 10.0 Å². The SMILES string of the molecule is COc1ccc(S(=O)(=O)N(CC(=O)NCCCSCc2ccco2)c2cccc(Cl)c2)cc1. The Morgan fingerprint density at radius 1 is 1.15 bits per heavy atom. The maximum Gasteiger partial charge on any atom is 0.264 e. The number of sulfonamides is 1. The van der Waals surface area contributed by atoms with Crippen LogP contribution in [0.2, 0.25) is 5.02 Å². The molecule has 33 heavy (non-hydrogen) atoms. The van der Waals surface area contributed by atoms with Gasteiger partial charge >= 0.3 is 0 Å². The Balaban J connectivity index is 1.63. The molecular weight excluding hydrogens is 484 g/mol. The molecule has 0 saturated heterocycles. The quantitative estimate of drug-likeness (QED) is 0.360. The highest BCUT2D eigenvalue weighted by atomic mass is 35.5. The van der Waals surface area contributed by atoms with Crippen molar-refractivity contribution in [2.75, 3.05) is 30.3 Å². The Morgan fingerprint density at radius 2 is 1.94 bits per heavy atom. The fourth-order valence-corrected chi connectivity index (χ4v) is 5.43. The van der Waals surface area contributed by atoms with Crippen LogP contribution in [-0.4, -0.2) is 40.3 Å². The second-order valence-electron chi connectivity index (χ2n) is 7.00. The van der Waals surface area contributed by atoms with E-state index < -0.39 is 15.9 Å². The number of hydrogen-bond donors (Lipinski definition) is 1. The van der Waals surface area contributed by atoms with E-state index in [9.17, 15) is 13.2 Å². The Morgan fingerprint density at radius 3 is 2.61 bits per heavy atom. The monoisotopic (exact) mass is 508 g/mol. The molecule has 0 fully saturated rings. The van der Waals surface area contributed by atoms with Gasteiger partial charge in [-0.25, -0.2) is 8.42 Å². The van der Waals surface area contributed by atoms with Gasteiger partial charge in [0.05, 0.1) is 29.7 Å². The molecular formula is C23H25ClN2O5S2. The first kappa shape index (κ1) is 25.0. The normalized spacial score (nSPS) is 11.2. The molecule has 176 valence electrons. The molecule has 0 radical (unpaired) electrons. The maximum atomic E-state index is 13.4. The number of halogens is 1. The lowest BCUT2D eigenvalue weighted by atomic mass is 10.3. The average Bonchev–Trinajstić information content (AvgIpc) is 3.33. The maximum absolute atomic E-state index is 13.4. The molecule has 0 saturated carbocycles. The van der Waals surface area contributed by atoms with Crippen LogP contribution in [0.15, 0.2) is 76.2 Å². The number of thioether (sulfide) groups is 1. The summed E-state index contributed by atoms with van der Waals surface area (Å²) in [6, 6.07) is 16.2. The van der Waals surface area contributed by atoms with Crippen molar-refractivity contribution in [2.45, 2.75) is 17.1 Å². The van der Waals surface area contributed by atoms with Crippen molar-refractivity contribution in [1.29, 1.82) is 0 Å². The number of carbonyl (C=O) groups excluding carboxylic acids is 1. The molecule has 0 atom stereocenters. The number of ether oxygens (including phenoxy) is 1. The number of rotatable bonds is 12. The fourth-order valence-electron chi connectivity index (χ4n) is 2.98. The summed E-state index contributed by atoms with van der Waals surface area (Å²) in [7, 11) is -2.51. The molecule has 0 aliphatic carbocycles. The van der Waals surface area contributed by atoms with Crippen molar-refractivity contribution < 1.29 is 22.4 Å². The minimum atomic E-state index is -4.01. The van der Waals surface area contributed by atoms with Crippen LogP contribution < -0.4 is 14.4 Å². The summed E-state index contributed by atoms with van der Waals surface area (Å²) in [4.78, 5) is 12.7. The van der Waals surface area contributed by atoms with Crippen LogP contribution in [0.25, 0.3) is 0 Å². The van der Waals surface area contributed by atoms with Crippen LogP contribution in [0.5, 0.6) is 5.75 Å². The van der Waals surface area contributed by atoms with Gasteiger partial charge in [-0.1, -0.05) is 17.7 Å². The predicted octanol–water partition coefficient (Wildman–Crippen LogP) is 4.58. The largest absolute Gasteiger partial charge is 0.497 e. The van der Waals surface area contributed by atoms with Gasteiger partial charge in [0.1, 0.15) is 18.1 Å². The first-order valence-corrected chi connectivity index (χ1v) is 13.2. The minimum absolute atomic E-state index is 0.0467. The first-order valence-electron chi connectivity index (χ1n) is 10.2. The molecule has 2 aromatic carbocycles. The summed E-state index contributed by atoms with van der Waals surface area (Å²) in [6.07, 6.45) is 2.39. The van der Waals surface area contributed by atoms with E-state index in [4.69, 9.17) is 20.8 Å². The Labute approximate surface area is 203 Å². The average molecular weight is 509 g/mol. The molecule has 1 amide bonds. The lowest BCUT2D eigenvalue weighted by Crippen LogP contribution is -2.41. The van der Waals surface area contributed by atoms with Crippen molar-refractivity contribution in [3.05, 3.63) is 77.7 Å². The van der Waals surface area contributed by atoms with Crippen molar-refractivity contribution >= 4 is 45.0 Å².